The number of hydrogen-bond acceptors (Lipinski definition) is 1. The Kier molecular flexibility index (Phi) is 2.59. The molecule has 14 heavy (non-hydrogen) atoms. The van der Waals surface area contributed by atoms with E-state index in [1.807, 2.05) is 0 Å². The summed E-state index contributed by atoms with van der Waals surface area (Å²) in [6.07, 6.45) is 1.06. The molecule has 0 spiro atoms. The number of fused-ring (bicyclic) bond motifs is 1. The molecule has 1 atom stereocenters. The largest absolute Gasteiger partial charge is 0.341 e. The summed E-state index contributed by atoms with van der Waals surface area (Å²) in [5.74, 6) is 0.994. The number of rotatable bonds is 2. The summed E-state index contributed by atoms with van der Waals surface area (Å²) < 4.78 is 0. The summed E-state index contributed by atoms with van der Waals surface area (Å²) in [7, 11) is 0. The van der Waals surface area contributed by atoms with Crippen LogP contribution < -0.4 is 0 Å². The molecule has 0 amide bonds. The number of hydrogen-bond donors (Lipinski definition) is 1. The zero-order valence-corrected chi connectivity index (χ0v) is 9.93. The summed E-state index contributed by atoms with van der Waals surface area (Å²) >= 11 is 3.50. The van der Waals surface area contributed by atoms with Crippen molar-refractivity contribution < 1.29 is 0 Å². The molecule has 0 fully saturated rings. The number of benzene rings is 1. The van der Waals surface area contributed by atoms with Gasteiger partial charge in [0.05, 0.1) is 15.9 Å². The van der Waals surface area contributed by atoms with Crippen molar-refractivity contribution in [2.75, 3.05) is 0 Å². The van der Waals surface area contributed by atoms with Gasteiger partial charge in [-0.25, -0.2) is 4.98 Å². The first-order valence-corrected chi connectivity index (χ1v) is 5.75. The lowest BCUT2D eigenvalue weighted by Crippen LogP contribution is -1.84. The quantitative estimate of drug-likeness (QED) is 0.814. The predicted molar refractivity (Wildman–Crippen MR) is 62.8 cm³/mol. The number of aromatic nitrogens is 2. The maximum Gasteiger partial charge on any atom is 0.120 e. The molecule has 0 aliphatic carbocycles. The molecule has 2 aromatic rings. The van der Waals surface area contributed by atoms with Gasteiger partial charge in [-0.05, 0) is 31.0 Å². The van der Waals surface area contributed by atoms with Crippen molar-refractivity contribution in [1.29, 1.82) is 0 Å². The lowest BCUT2D eigenvalue weighted by atomic mass is 10.1. The zero-order valence-electron chi connectivity index (χ0n) is 8.34. The molecule has 1 aromatic carbocycles. The minimum atomic E-state index is 0.278. The lowest BCUT2D eigenvalue weighted by Gasteiger charge is -1.94. The normalized spacial score (nSPS) is 13.4. The smallest absolute Gasteiger partial charge is 0.120 e. The standard InChI is InChI=1S/C11H13BrN2/c1-3-8-4-5-9-10(6-8)14-11(13-9)7(2)12/h4-7H,3H2,1-2H3,(H,13,14). The van der Waals surface area contributed by atoms with Gasteiger partial charge in [0.15, 0.2) is 0 Å². The molecular formula is C11H13BrN2. The maximum absolute atomic E-state index is 4.49. The van der Waals surface area contributed by atoms with Gasteiger partial charge >= 0.3 is 0 Å². The fraction of sp³-hybridized carbons (Fsp3) is 0.364. The molecule has 1 aromatic heterocycles. The predicted octanol–water partition coefficient (Wildman–Crippen LogP) is 3.58. The monoisotopic (exact) mass is 252 g/mol. The molecule has 0 aliphatic rings. The Morgan fingerprint density at radius 1 is 1.50 bits per heavy atom. The molecule has 1 N–H and O–H groups in total. The number of nitrogens with one attached hydrogen (secondary N) is 1. The fourth-order valence-corrected chi connectivity index (χ4v) is 1.70. The van der Waals surface area contributed by atoms with Crippen molar-refractivity contribution in [3.63, 3.8) is 0 Å². The van der Waals surface area contributed by atoms with Crippen LogP contribution in [0, 0.1) is 0 Å². The van der Waals surface area contributed by atoms with Crippen LogP contribution in [0.15, 0.2) is 18.2 Å². The third-order valence-corrected chi connectivity index (χ3v) is 2.78. The highest BCUT2D eigenvalue weighted by molar-refractivity contribution is 9.09. The van der Waals surface area contributed by atoms with Gasteiger partial charge in [0.1, 0.15) is 5.82 Å². The van der Waals surface area contributed by atoms with E-state index in [0.29, 0.717) is 0 Å². The molecule has 3 heteroatoms. The van der Waals surface area contributed by atoms with Crippen LogP contribution in [-0.2, 0) is 6.42 Å². The molecule has 0 radical (unpaired) electrons. The Morgan fingerprint density at radius 2 is 2.29 bits per heavy atom. The van der Waals surface area contributed by atoms with E-state index in [9.17, 15) is 0 Å². The van der Waals surface area contributed by atoms with Crippen LogP contribution >= 0.6 is 15.9 Å². The zero-order chi connectivity index (χ0) is 10.1. The van der Waals surface area contributed by atoms with Gasteiger partial charge in [-0.15, -0.1) is 0 Å². The van der Waals surface area contributed by atoms with Gasteiger partial charge in [0.25, 0.3) is 0 Å². The SMILES string of the molecule is CCc1ccc2nc(C(C)Br)[nH]c2c1. The number of aryl methyl sites for hydroxylation is 1. The maximum atomic E-state index is 4.49. The second-order valence-corrected chi connectivity index (χ2v) is 4.82. The number of H-pyrrole nitrogens is 1. The first kappa shape index (κ1) is 9.71. The molecule has 2 rings (SSSR count). The average Bonchev–Trinajstić information content (AvgIpc) is 2.59. The minimum absolute atomic E-state index is 0.278. The van der Waals surface area contributed by atoms with Crippen LogP contribution in [0.5, 0.6) is 0 Å². The van der Waals surface area contributed by atoms with Crippen LogP contribution in [0.3, 0.4) is 0 Å². The summed E-state index contributed by atoms with van der Waals surface area (Å²) in [4.78, 5) is 8.07. The Hall–Kier alpha value is -0.830. The van der Waals surface area contributed by atoms with E-state index in [4.69, 9.17) is 0 Å². The molecule has 2 nitrogen and oxygen atoms in total. The van der Waals surface area contributed by atoms with E-state index >= 15 is 0 Å². The Bertz CT molecular complexity index is 445. The van der Waals surface area contributed by atoms with Crippen molar-refractivity contribution in [3.05, 3.63) is 29.6 Å². The first-order valence-electron chi connectivity index (χ1n) is 4.83. The molecule has 0 saturated carbocycles. The van der Waals surface area contributed by atoms with Crippen molar-refractivity contribution in [2.24, 2.45) is 0 Å². The highest BCUT2D eigenvalue weighted by Gasteiger charge is 2.07. The number of halogens is 1. The van der Waals surface area contributed by atoms with E-state index in [-0.39, 0.29) is 4.83 Å². The van der Waals surface area contributed by atoms with Crippen molar-refractivity contribution >= 4 is 27.0 Å². The van der Waals surface area contributed by atoms with Crippen LogP contribution in [0.25, 0.3) is 11.0 Å². The van der Waals surface area contributed by atoms with E-state index in [1.54, 1.807) is 0 Å². The van der Waals surface area contributed by atoms with Crippen LogP contribution in [-0.4, -0.2) is 9.97 Å². The van der Waals surface area contributed by atoms with E-state index in [2.05, 4.69) is 57.9 Å². The van der Waals surface area contributed by atoms with E-state index < -0.39 is 0 Å². The molecule has 0 aliphatic heterocycles. The van der Waals surface area contributed by atoms with Gasteiger partial charge in [-0.3, -0.25) is 0 Å². The summed E-state index contributed by atoms with van der Waals surface area (Å²) in [6, 6.07) is 6.37. The highest BCUT2D eigenvalue weighted by atomic mass is 79.9. The Balaban J connectivity index is 2.54. The Labute approximate surface area is 91.9 Å². The third kappa shape index (κ3) is 1.69. The lowest BCUT2D eigenvalue weighted by molar-refractivity contribution is 0.990. The molecule has 1 heterocycles. The van der Waals surface area contributed by atoms with Crippen LogP contribution in [0.2, 0.25) is 0 Å². The van der Waals surface area contributed by atoms with E-state index in [0.717, 1.165) is 23.3 Å². The summed E-state index contributed by atoms with van der Waals surface area (Å²) in [5.41, 5.74) is 3.52. The number of imidazole rings is 1. The minimum Gasteiger partial charge on any atom is -0.341 e. The van der Waals surface area contributed by atoms with Gasteiger partial charge in [0, 0.05) is 0 Å². The van der Waals surface area contributed by atoms with Gasteiger partial charge in [0.2, 0.25) is 0 Å². The molecule has 1 unspecified atom stereocenters. The molecule has 0 saturated heterocycles. The van der Waals surface area contributed by atoms with E-state index in [1.165, 1.54) is 5.56 Å². The van der Waals surface area contributed by atoms with Gasteiger partial charge < -0.3 is 4.98 Å². The van der Waals surface area contributed by atoms with Crippen molar-refractivity contribution in [1.82, 2.24) is 9.97 Å². The second-order valence-electron chi connectivity index (χ2n) is 3.44. The summed E-state index contributed by atoms with van der Waals surface area (Å²) in [6.45, 7) is 4.23. The first-order chi connectivity index (χ1) is 6.70. The summed E-state index contributed by atoms with van der Waals surface area (Å²) in [5, 5.41) is 0. The molecule has 0 bridgehead atoms. The average molecular weight is 253 g/mol. The van der Waals surface area contributed by atoms with Gasteiger partial charge in [-0.1, -0.05) is 28.9 Å². The third-order valence-electron chi connectivity index (χ3n) is 2.35. The molecule has 74 valence electrons. The van der Waals surface area contributed by atoms with Gasteiger partial charge in [-0.2, -0.15) is 0 Å². The van der Waals surface area contributed by atoms with Crippen molar-refractivity contribution in [3.8, 4) is 0 Å². The van der Waals surface area contributed by atoms with Crippen LogP contribution in [0.1, 0.15) is 30.1 Å². The highest BCUT2D eigenvalue weighted by Crippen LogP contribution is 2.22. The topological polar surface area (TPSA) is 28.7 Å². The number of aromatic amines is 1. The molecular weight excluding hydrogens is 240 g/mol. The van der Waals surface area contributed by atoms with Crippen LogP contribution in [0.4, 0.5) is 0 Å². The second kappa shape index (κ2) is 3.73. The fourth-order valence-electron chi connectivity index (χ4n) is 1.48. The number of nitrogens with zero attached hydrogens (tertiary/aromatic N) is 1. The number of alkyl halides is 1. The Morgan fingerprint density at radius 3 is 2.93 bits per heavy atom. The van der Waals surface area contributed by atoms with Crippen molar-refractivity contribution in [2.45, 2.75) is 25.1 Å².